The number of hydrogen-bond donors (Lipinski definition) is 1. The summed E-state index contributed by atoms with van der Waals surface area (Å²) in [6.07, 6.45) is 2.60. The summed E-state index contributed by atoms with van der Waals surface area (Å²) in [5, 5.41) is 8.10. The van der Waals surface area contributed by atoms with E-state index in [4.69, 9.17) is 9.15 Å². The molecule has 0 aliphatic carbocycles. The predicted molar refractivity (Wildman–Crippen MR) is 89.8 cm³/mol. The Morgan fingerprint density at radius 2 is 2.22 bits per heavy atom. The van der Waals surface area contributed by atoms with Crippen molar-refractivity contribution in [3.63, 3.8) is 0 Å². The largest absolute Gasteiger partial charge is 0.463 e. The highest BCUT2D eigenvalue weighted by Gasteiger charge is 2.14. The van der Waals surface area contributed by atoms with Gasteiger partial charge in [-0.15, -0.1) is 0 Å². The van der Waals surface area contributed by atoms with Crippen LogP contribution in [0.4, 0.5) is 5.82 Å². The molecule has 0 atom stereocenters. The number of nitrogens with one attached hydrogen (secondary N) is 1. The highest BCUT2D eigenvalue weighted by molar-refractivity contribution is 5.63. The average molecular weight is 314 g/mol. The molecule has 0 amide bonds. The minimum absolute atomic E-state index is 0.744. The zero-order valence-electron chi connectivity index (χ0n) is 13.8. The van der Waals surface area contributed by atoms with Crippen LogP contribution < -0.4 is 5.32 Å². The van der Waals surface area contributed by atoms with E-state index in [-0.39, 0.29) is 0 Å². The van der Waals surface area contributed by atoms with E-state index in [1.54, 1.807) is 6.26 Å². The van der Waals surface area contributed by atoms with Crippen molar-refractivity contribution in [2.24, 2.45) is 0 Å². The molecular formula is C17H22N4O2. The maximum absolute atomic E-state index is 5.43. The molecule has 0 unspecified atom stereocenters. The van der Waals surface area contributed by atoms with Crippen LogP contribution in [0.25, 0.3) is 17.1 Å². The fraction of sp³-hybridized carbons (Fsp3) is 0.412. The van der Waals surface area contributed by atoms with Gasteiger partial charge in [0.05, 0.1) is 6.26 Å². The predicted octanol–water partition coefficient (Wildman–Crippen LogP) is 3.44. The van der Waals surface area contributed by atoms with Gasteiger partial charge in [-0.3, -0.25) is 0 Å². The second-order valence-corrected chi connectivity index (χ2v) is 5.42. The zero-order valence-corrected chi connectivity index (χ0v) is 13.8. The lowest BCUT2D eigenvalue weighted by Crippen LogP contribution is -2.12. The second kappa shape index (κ2) is 6.83. The number of furan rings is 1. The van der Waals surface area contributed by atoms with E-state index in [0.717, 1.165) is 60.4 Å². The van der Waals surface area contributed by atoms with Crippen LogP contribution in [0.3, 0.4) is 0 Å². The fourth-order valence-electron chi connectivity index (χ4n) is 2.48. The number of aromatic nitrogens is 3. The minimum Gasteiger partial charge on any atom is -0.463 e. The van der Waals surface area contributed by atoms with E-state index < -0.39 is 0 Å². The summed E-state index contributed by atoms with van der Waals surface area (Å²) >= 11 is 0. The van der Waals surface area contributed by atoms with Crippen molar-refractivity contribution in [2.45, 2.75) is 27.2 Å². The van der Waals surface area contributed by atoms with E-state index in [1.165, 1.54) is 0 Å². The van der Waals surface area contributed by atoms with Gasteiger partial charge in [-0.1, -0.05) is 0 Å². The first-order chi connectivity index (χ1) is 11.2. The summed E-state index contributed by atoms with van der Waals surface area (Å²) in [5.74, 6) is 1.72. The van der Waals surface area contributed by atoms with E-state index in [1.807, 2.05) is 36.6 Å². The molecule has 3 aromatic rings. The molecule has 3 aromatic heterocycles. The van der Waals surface area contributed by atoms with Gasteiger partial charge in [-0.05, 0) is 39.3 Å². The molecule has 3 rings (SSSR count). The standard InChI is InChI=1S/C17H22N4O2/c1-4-22-9-6-8-18-17-12(2)13(3)19-16-11-14(20-21(16)17)15-7-5-10-23-15/h5,7,10-11,18H,4,6,8-9H2,1-3H3. The summed E-state index contributed by atoms with van der Waals surface area (Å²) in [7, 11) is 0. The first-order valence-corrected chi connectivity index (χ1v) is 7.93. The Hall–Kier alpha value is -2.34. The SMILES string of the molecule is CCOCCCNc1c(C)c(C)nc2cc(-c3ccco3)nn12. The van der Waals surface area contributed by atoms with Crippen LogP contribution in [-0.4, -0.2) is 34.4 Å². The lowest BCUT2D eigenvalue weighted by Gasteiger charge is -2.13. The Kier molecular flexibility index (Phi) is 4.62. The van der Waals surface area contributed by atoms with Crippen molar-refractivity contribution in [3.8, 4) is 11.5 Å². The van der Waals surface area contributed by atoms with Gasteiger partial charge >= 0.3 is 0 Å². The monoisotopic (exact) mass is 314 g/mol. The van der Waals surface area contributed by atoms with E-state index in [0.29, 0.717) is 0 Å². The van der Waals surface area contributed by atoms with Crippen LogP contribution in [0, 0.1) is 13.8 Å². The summed E-state index contributed by atoms with van der Waals surface area (Å²) in [5.41, 5.74) is 3.69. The fourth-order valence-corrected chi connectivity index (χ4v) is 2.48. The molecule has 0 aromatic carbocycles. The first-order valence-electron chi connectivity index (χ1n) is 7.93. The molecule has 6 heteroatoms. The van der Waals surface area contributed by atoms with Crippen LogP contribution in [0.5, 0.6) is 0 Å². The quantitative estimate of drug-likeness (QED) is 0.677. The average Bonchev–Trinajstić information content (AvgIpc) is 3.19. The number of nitrogens with zero attached hydrogens (tertiary/aromatic N) is 3. The Labute approximate surface area is 135 Å². The molecule has 122 valence electrons. The smallest absolute Gasteiger partial charge is 0.158 e. The molecule has 23 heavy (non-hydrogen) atoms. The minimum atomic E-state index is 0.744. The molecule has 0 saturated heterocycles. The molecule has 0 aliphatic heterocycles. The van der Waals surface area contributed by atoms with Crippen molar-refractivity contribution in [3.05, 3.63) is 35.7 Å². The van der Waals surface area contributed by atoms with Gasteiger partial charge in [0.1, 0.15) is 11.5 Å². The molecule has 3 heterocycles. The van der Waals surface area contributed by atoms with Crippen LogP contribution in [-0.2, 0) is 4.74 Å². The third-order valence-corrected chi connectivity index (χ3v) is 3.82. The van der Waals surface area contributed by atoms with Crippen molar-refractivity contribution < 1.29 is 9.15 Å². The Bertz CT molecular complexity index is 778. The summed E-state index contributed by atoms with van der Waals surface area (Å²) < 4.78 is 12.7. The van der Waals surface area contributed by atoms with Gasteiger partial charge in [0.15, 0.2) is 11.4 Å². The molecule has 6 nitrogen and oxygen atoms in total. The van der Waals surface area contributed by atoms with Crippen LogP contribution in [0.2, 0.25) is 0 Å². The molecule has 0 fully saturated rings. The number of anilines is 1. The molecule has 0 spiro atoms. The Balaban J connectivity index is 1.90. The van der Waals surface area contributed by atoms with E-state index in [9.17, 15) is 0 Å². The van der Waals surface area contributed by atoms with Crippen LogP contribution in [0.15, 0.2) is 28.9 Å². The van der Waals surface area contributed by atoms with Gasteiger partial charge in [0.25, 0.3) is 0 Å². The van der Waals surface area contributed by atoms with Gasteiger partial charge in [0.2, 0.25) is 0 Å². The van der Waals surface area contributed by atoms with Gasteiger partial charge < -0.3 is 14.5 Å². The van der Waals surface area contributed by atoms with Crippen molar-refractivity contribution in [1.82, 2.24) is 14.6 Å². The summed E-state index contributed by atoms with van der Waals surface area (Å²) in [4.78, 5) is 4.62. The molecule has 0 bridgehead atoms. The van der Waals surface area contributed by atoms with E-state index >= 15 is 0 Å². The van der Waals surface area contributed by atoms with Crippen molar-refractivity contribution in [1.29, 1.82) is 0 Å². The van der Waals surface area contributed by atoms with Gasteiger partial charge in [-0.25, -0.2) is 4.98 Å². The number of fused-ring (bicyclic) bond motifs is 1. The number of hydrogen-bond acceptors (Lipinski definition) is 5. The highest BCUT2D eigenvalue weighted by atomic mass is 16.5. The Morgan fingerprint density at radius 1 is 1.35 bits per heavy atom. The van der Waals surface area contributed by atoms with Gasteiger partial charge in [-0.2, -0.15) is 9.61 Å². The second-order valence-electron chi connectivity index (χ2n) is 5.42. The van der Waals surface area contributed by atoms with Crippen molar-refractivity contribution in [2.75, 3.05) is 25.1 Å². The lowest BCUT2D eigenvalue weighted by molar-refractivity contribution is 0.147. The molecule has 0 radical (unpaired) electrons. The third-order valence-electron chi connectivity index (χ3n) is 3.82. The normalized spacial score (nSPS) is 11.3. The lowest BCUT2D eigenvalue weighted by atomic mass is 10.2. The van der Waals surface area contributed by atoms with Crippen LogP contribution in [0.1, 0.15) is 24.6 Å². The summed E-state index contributed by atoms with van der Waals surface area (Å²) in [6, 6.07) is 5.70. The van der Waals surface area contributed by atoms with Crippen molar-refractivity contribution >= 4 is 11.5 Å². The molecule has 0 aliphatic rings. The van der Waals surface area contributed by atoms with E-state index in [2.05, 4.69) is 22.3 Å². The molecule has 0 saturated carbocycles. The highest BCUT2D eigenvalue weighted by Crippen LogP contribution is 2.24. The van der Waals surface area contributed by atoms with Crippen LogP contribution >= 0.6 is 0 Å². The maximum Gasteiger partial charge on any atom is 0.158 e. The number of rotatable bonds is 7. The number of aryl methyl sites for hydroxylation is 1. The molecule has 1 N–H and O–H groups in total. The molecular weight excluding hydrogens is 292 g/mol. The maximum atomic E-state index is 5.43. The Morgan fingerprint density at radius 3 is 2.96 bits per heavy atom. The zero-order chi connectivity index (χ0) is 16.2. The summed E-state index contributed by atoms with van der Waals surface area (Å²) in [6.45, 7) is 8.42. The third kappa shape index (κ3) is 3.22. The topological polar surface area (TPSA) is 64.6 Å². The number of ether oxygens (including phenoxy) is 1. The van der Waals surface area contributed by atoms with Gasteiger partial charge in [0, 0.05) is 37.1 Å². The first kappa shape index (κ1) is 15.6.